The predicted octanol–water partition coefficient (Wildman–Crippen LogP) is 1.84. The molecule has 15 heavy (non-hydrogen) atoms. The first-order valence-electron chi connectivity index (χ1n) is 5.47. The average molecular weight is 209 g/mol. The fraction of sp³-hybridized carbons (Fsp3) is 0.667. The van der Waals surface area contributed by atoms with Gasteiger partial charge in [0.05, 0.1) is 0 Å². The molecule has 3 heteroatoms. The molecular formula is C12H19NO2. The molecule has 0 fully saturated rings. The zero-order valence-corrected chi connectivity index (χ0v) is 9.86. The number of carbonyl (C=O) groups excluding carboxylic acids is 2. The topological polar surface area (TPSA) is 37.4 Å². The van der Waals surface area contributed by atoms with Crippen LogP contribution in [-0.2, 0) is 9.59 Å². The second-order valence-corrected chi connectivity index (χ2v) is 4.77. The van der Waals surface area contributed by atoms with Crippen LogP contribution in [0.25, 0.3) is 0 Å². The van der Waals surface area contributed by atoms with Gasteiger partial charge in [-0.2, -0.15) is 0 Å². The highest BCUT2D eigenvalue weighted by atomic mass is 16.2. The van der Waals surface area contributed by atoms with Crippen LogP contribution in [0.15, 0.2) is 12.2 Å². The fourth-order valence-electron chi connectivity index (χ4n) is 2.01. The predicted molar refractivity (Wildman–Crippen MR) is 59.0 cm³/mol. The summed E-state index contributed by atoms with van der Waals surface area (Å²) in [6.07, 6.45) is 2.69. The van der Waals surface area contributed by atoms with E-state index in [0.29, 0.717) is 24.3 Å². The van der Waals surface area contributed by atoms with Gasteiger partial charge in [0.1, 0.15) is 0 Å². The van der Waals surface area contributed by atoms with Crippen LogP contribution in [0.4, 0.5) is 0 Å². The van der Waals surface area contributed by atoms with Crippen LogP contribution < -0.4 is 0 Å². The summed E-state index contributed by atoms with van der Waals surface area (Å²) in [6, 6.07) is 0. The summed E-state index contributed by atoms with van der Waals surface area (Å²) in [4.78, 5) is 24.1. The second-order valence-electron chi connectivity index (χ2n) is 4.77. The number of imide groups is 1. The summed E-state index contributed by atoms with van der Waals surface area (Å²) in [5, 5.41) is 0. The number of hydrogen-bond acceptors (Lipinski definition) is 2. The zero-order valence-electron chi connectivity index (χ0n) is 9.86. The van der Waals surface area contributed by atoms with Gasteiger partial charge in [0.2, 0.25) is 0 Å². The number of rotatable bonds is 4. The maximum Gasteiger partial charge on any atom is 0.253 e. The van der Waals surface area contributed by atoms with Crippen LogP contribution in [0.1, 0.15) is 27.7 Å². The highest BCUT2D eigenvalue weighted by Gasteiger charge is 2.28. The standard InChI is InChI=1S/C12H19NO2/c1-8(2)10(9(3)4)7-13-11(14)5-6-12(13)15/h5-6,8-10H,7H2,1-4H3. The van der Waals surface area contributed by atoms with Gasteiger partial charge in [0, 0.05) is 18.7 Å². The highest BCUT2D eigenvalue weighted by Crippen LogP contribution is 2.22. The molecule has 0 aromatic carbocycles. The van der Waals surface area contributed by atoms with E-state index >= 15 is 0 Å². The van der Waals surface area contributed by atoms with Crippen LogP contribution in [0.3, 0.4) is 0 Å². The van der Waals surface area contributed by atoms with Gasteiger partial charge in [-0.05, 0) is 17.8 Å². The molecule has 0 saturated heterocycles. The van der Waals surface area contributed by atoms with Gasteiger partial charge in [-0.3, -0.25) is 14.5 Å². The molecule has 0 radical (unpaired) electrons. The van der Waals surface area contributed by atoms with Gasteiger partial charge < -0.3 is 0 Å². The Kier molecular flexibility index (Phi) is 3.66. The van der Waals surface area contributed by atoms with E-state index in [1.54, 1.807) is 0 Å². The smallest absolute Gasteiger partial charge is 0.253 e. The molecule has 0 spiro atoms. The molecule has 0 unspecified atom stereocenters. The molecule has 1 heterocycles. The zero-order chi connectivity index (χ0) is 11.6. The van der Waals surface area contributed by atoms with E-state index in [1.165, 1.54) is 17.1 Å². The van der Waals surface area contributed by atoms with E-state index in [1.807, 2.05) is 0 Å². The molecule has 3 nitrogen and oxygen atoms in total. The first-order valence-corrected chi connectivity index (χ1v) is 5.47. The lowest BCUT2D eigenvalue weighted by Gasteiger charge is -2.28. The van der Waals surface area contributed by atoms with Crippen molar-refractivity contribution < 1.29 is 9.59 Å². The Labute approximate surface area is 91.1 Å². The highest BCUT2D eigenvalue weighted by molar-refractivity contribution is 6.12. The lowest BCUT2D eigenvalue weighted by Crippen LogP contribution is -2.38. The van der Waals surface area contributed by atoms with Crippen molar-refractivity contribution in [1.82, 2.24) is 4.90 Å². The minimum absolute atomic E-state index is 0.175. The Morgan fingerprint density at radius 2 is 1.40 bits per heavy atom. The molecular weight excluding hydrogens is 190 g/mol. The first kappa shape index (κ1) is 12.0. The van der Waals surface area contributed by atoms with Gasteiger partial charge >= 0.3 is 0 Å². The Morgan fingerprint density at radius 1 is 1.00 bits per heavy atom. The largest absolute Gasteiger partial charge is 0.275 e. The quantitative estimate of drug-likeness (QED) is 0.662. The molecule has 0 aliphatic carbocycles. The van der Waals surface area contributed by atoms with Crippen molar-refractivity contribution in [2.75, 3.05) is 6.54 Å². The Hall–Kier alpha value is -1.12. The van der Waals surface area contributed by atoms with E-state index in [4.69, 9.17) is 0 Å². The monoisotopic (exact) mass is 209 g/mol. The van der Waals surface area contributed by atoms with Crippen molar-refractivity contribution in [2.45, 2.75) is 27.7 Å². The third-order valence-electron chi connectivity index (χ3n) is 3.01. The summed E-state index contributed by atoms with van der Waals surface area (Å²) in [5.41, 5.74) is 0. The van der Waals surface area contributed by atoms with Crippen LogP contribution in [0.5, 0.6) is 0 Å². The SMILES string of the molecule is CC(C)C(CN1C(=O)C=CC1=O)C(C)C. The molecule has 0 N–H and O–H groups in total. The summed E-state index contributed by atoms with van der Waals surface area (Å²) >= 11 is 0. The Bertz CT molecular complexity index is 266. The summed E-state index contributed by atoms with van der Waals surface area (Å²) in [6.45, 7) is 9.05. The number of amides is 2. The van der Waals surface area contributed by atoms with Crippen molar-refractivity contribution in [1.29, 1.82) is 0 Å². The van der Waals surface area contributed by atoms with Gasteiger partial charge in [0.15, 0.2) is 0 Å². The summed E-state index contributed by atoms with van der Waals surface area (Å²) in [7, 11) is 0. The third-order valence-corrected chi connectivity index (χ3v) is 3.01. The van der Waals surface area contributed by atoms with E-state index in [0.717, 1.165) is 0 Å². The molecule has 0 atom stereocenters. The van der Waals surface area contributed by atoms with Crippen LogP contribution in [0.2, 0.25) is 0 Å². The molecule has 1 aliphatic rings. The number of carbonyl (C=O) groups is 2. The van der Waals surface area contributed by atoms with Crippen LogP contribution in [0, 0.1) is 17.8 Å². The Balaban J connectivity index is 2.67. The molecule has 1 aliphatic heterocycles. The van der Waals surface area contributed by atoms with E-state index < -0.39 is 0 Å². The first-order chi connectivity index (χ1) is 6.93. The lowest BCUT2D eigenvalue weighted by molar-refractivity contribution is -0.138. The van der Waals surface area contributed by atoms with Crippen molar-refractivity contribution >= 4 is 11.8 Å². The molecule has 0 saturated carbocycles. The molecule has 2 amide bonds. The minimum Gasteiger partial charge on any atom is -0.275 e. The molecule has 0 aromatic heterocycles. The maximum atomic E-state index is 11.4. The van der Waals surface area contributed by atoms with Gasteiger partial charge in [-0.25, -0.2) is 0 Å². The summed E-state index contributed by atoms with van der Waals surface area (Å²) in [5.74, 6) is 0.979. The van der Waals surface area contributed by atoms with Gasteiger partial charge in [-0.1, -0.05) is 27.7 Å². The van der Waals surface area contributed by atoms with Crippen LogP contribution in [-0.4, -0.2) is 23.3 Å². The fourth-order valence-corrected chi connectivity index (χ4v) is 2.01. The van der Waals surface area contributed by atoms with E-state index in [9.17, 15) is 9.59 Å². The molecule has 0 bridgehead atoms. The van der Waals surface area contributed by atoms with Crippen molar-refractivity contribution in [3.8, 4) is 0 Å². The van der Waals surface area contributed by atoms with Gasteiger partial charge in [-0.15, -0.1) is 0 Å². The average Bonchev–Trinajstić information content (AvgIpc) is 2.42. The molecule has 1 rings (SSSR count). The maximum absolute atomic E-state index is 11.4. The third kappa shape index (κ3) is 2.67. The van der Waals surface area contributed by atoms with Gasteiger partial charge in [0.25, 0.3) is 11.8 Å². The summed E-state index contributed by atoms with van der Waals surface area (Å²) < 4.78 is 0. The van der Waals surface area contributed by atoms with Crippen molar-refractivity contribution in [3.63, 3.8) is 0 Å². The van der Waals surface area contributed by atoms with Crippen molar-refractivity contribution in [2.24, 2.45) is 17.8 Å². The second kappa shape index (κ2) is 4.60. The lowest BCUT2D eigenvalue weighted by atomic mass is 9.85. The van der Waals surface area contributed by atoms with E-state index in [-0.39, 0.29) is 11.8 Å². The van der Waals surface area contributed by atoms with Crippen molar-refractivity contribution in [3.05, 3.63) is 12.2 Å². The number of nitrogens with zero attached hydrogens (tertiary/aromatic N) is 1. The number of hydrogen-bond donors (Lipinski definition) is 0. The minimum atomic E-state index is -0.175. The van der Waals surface area contributed by atoms with Crippen LogP contribution >= 0.6 is 0 Å². The Morgan fingerprint density at radius 3 is 1.73 bits per heavy atom. The molecule has 84 valence electrons. The normalized spacial score (nSPS) is 16.6. The van der Waals surface area contributed by atoms with E-state index in [2.05, 4.69) is 27.7 Å². The molecule has 0 aromatic rings.